The molecule has 0 aliphatic heterocycles. The first-order valence-corrected chi connectivity index (χ1v) is 4.32. The fourth-order valence-corrected chi connectivity index (χ4v) is 1.32. The van der Waals surface area contributed by atoms with Crippen LogP contribution in [-0.4, -0.2) is 16.1 Å². The molecule has 1 rings (SSSR count). The quantitative estimate of drug-likeness (QED) is 0.846. The van der Waals surface area contributed by atoms with E-state index in [1.165, 1.54) is 6.07 Å². The van der Waals surface area contributed by atoms with Gasteiger partial charge in [0.2, 0.25) is 0 Å². The van der Waals surface area contributed by atoms with Crippen LogP contribution in [0.2, 0.25) is 0 Å². The Morgan fingerprint density at radius 1 is 1.67 bits per heavy atom. The fraction of sp³-hybridized carbons (Fsp3) is 0.250. The molecule has 4 heteroatoms. The molecule has 1 heterocycles. The van der Waals surface area contributed by atoms with Crippen LogP contribution in [-0.2, 0) is 6.42 Å². The zero-order valence-corrected chi connectivity index (χ0v) is 8.13. The minimum Gasteiger partial charge on any atom is -0.477 e. The van der Waals surface area contributed by atoms with E-state index in [1.54, 1.807) is 0 Å². The van der Waals surface area contributed by atoms with Gasteiger partial charge in [0.05, 0.1) is 0 Å². The lowest BCUT2D eigenvalue weighted by atomic mass is 10.2. The Bertz CT molecular complexity index is 312. The van der Waals surface area contributed by atoms with Gasteiger partial charge in [0.15, 0.2) is 0 Å². The Morgan fingerprint density at radius 3 is 2.83 bits per heavy atom. The van der Waals surface area contributed by atoms with Crippen molar-refractivity contribution < 1.29 is 9.90 Å². The van der Waals surface area contributed by atoms with E-state index in [0.717, 1.165) is 16.6 Å². The lowest BCUT2D eigenvalue weighted by Gasteiger charge is -1.99. The lowest BCUT2D eigenvalue weighted by molar-refractivity contribution is 0.0690. The Morgan fingerprint density at radius 2 is 2.33 bits per heavy atom. The molecule has 0 amide bonds. The monoisotopic (exact) mass is 229 g/mol. The van der Waals surface area contributed by atoms with Crippen molar-refractivity contribution in [3.63, 3.8) is 0 Å². The second-order valence-electron chi connectivity index (χ2n) is 2.32. The van der Waals surface area contributed by atoms with Gasteiger partial charge in [-0.1, -0.05) is 22.9 Å². The van der Waals surface area contributed by atoms with Crippen molar-refractivity contribution in [1.82, 2.24) is 4.98 Å². The van der Waals surface area contributed by atoms with Crippen molar-refractivity contribution in [3.8, 4) is 0 Å². The number of halogens is 1. The summed E-state index contributed by atoms with van der Waals surface area (Å²) in [6.07, 6.45) is 0.736. The second-order valence-corrected chi connectivity index (χ2v) is 3.24. The summed E-state index contributed by atoms with van der Waals surface area (Å²) < 4.78 is 0.756. The van der Waals surface area contributed by atoms with Gasteiger partial charge in [0.1, 0.15) is 5.69 Å². The van der Waals surface area contributed by atoms with Gasteiger partial charge in [-0.25, -0.2) is 9.78 Å². The summed E-state index contributed by atoms with van der Waals surface area (Å²) in [6, 6.07) is 3.30. The zero-order chi connectivity index (χ0) is 9.14. The van der Waals surface area contributed by atoms with Gasteiger partial charge < -0.3 is 5.11 Å². The van der Waals surface area contributed by atoms with Gasteiger partial charge in [-0.15, -0.1) is 0 Å². The number of pyridine rings is 1. The molecule has 0 atom stereocenters. The number of aromatic nitrogens is 1. The third kappa shape index (κ3) is 2.04. The molecule has 1 N–H and O–H groups in total. The average Bonchev–Trinajstić information content (AvgIpc) is 2.03. The molecule has 0 fully saturated rings. The number of carboxylic acids is 1. The normalized spacial score (nSPS) is 9.83. The van der Waals surface area contributed by atoms with Crippen LogP contribution < -0.4 is 0 Å². The smallest absolute Gasteiger partial charge is 0.354 e. The van der Waals surface area contributed by atoms with Crippen molar-refractivity contribution in [2.75, 3.05) is 0 Å². The van der Waals surface area contributed by atoms with E-state index in [0.29, 0.717) is 0 Å². The van der Waals surface area contributed by atoms with Crippen molar-refractivity contribution in [1.29, 1.82) is 0 Å². The number of carbonyl (C=O) groups is 1. The van der Waals surface area contributed by atoms with Crippen LogP contribution in [0, 0.1) is 0 Å². The Labute approximate surface area is 78.6 Å². The Kier molecular flexibility index (Phi) is 2.81. The van der Waals surface area contributed by atoms with Gasteiger partial charge in [0.25, 0.3) is 0 Å². The third-order valence-electron chi connectivity index (χ3n) is 1.42. The van der Waals surface area contributed by atoms with Crippen LogP contribution in [0.25, 0.3) is 0 Å². The lowest BCUT2D eigenvalue weighted by Crippen LogP contribution is -2.02. The summed E-state index contributed by atoms with van der Waals surface area (Å²) in [4.78, 5) is 14.5. The molecule has 0 aliphatic rings. The molecule has 0 spiro atoms. The largest absolute Gasteiger partial charge is 0.477 e. The van der Waals surface area contributed by atoms with E-state index in [-0.39, 0.29) is 5.69 Å². The molecule has 12 heavy (non-hydrogen) atoms. The molecule has 0 saturated carbocycles. The fourth-order valence-electron chi connectivity index (χ4n) is 0.841. The highest BCUT2D eigenvalue weighted by atomic mass is 79.9. The van der Waals surface area contributed by atoms with Crippen LogP contribution in [0.4, 0.5) is 0 Å². The molecule has 1 aromatic heterocycles. The first-order chi connectivity index (χ1) is 5.63. The maximum Gasteiger partial charge on any atom is 0.354 e. The summed E-state index contributed by atoms with van der Waals surface area (Å²) in [7, 11) is 0. The van der Waals surface area contributed by atoms with Crippen molar-refractivity contribution in [2.24, 2.45) is 0 Å². The maximum atomic E-state index is 10.5. The molecule has 3 nitrogen and oxygen atoms in total. The number of hydrogen-bond acceptors (Lipinski definition) is 2. The summed E-state index contributed by atoms with van der Waals surface area (Å²) in [6.45, 7) is 1.93. The molecule has 0 aliphatic carbocycles. The number of aryl methyl sites for hydroxylation is 1. The number of rotatable bonds is 2. The number of aromatic carboxylic acids is 1. The first-order valence-electron chi connectivity index (χ1n) is 3.53. The highest BCUT2D eigenvalue weighted by molar-refractivity contribution is 9.10. The topological polar surface area (TPSA) is 50.2 Å². The van der Waals surface area contributed by atoms with Crippen molar-refractivity contribution in [3.05, 3.63) is 28.0 Å². The third-order valence-corrected chi connectivity index (χ3v) is 1.88. The molecule has 1 aromatic rings. The van der Waals surface area contributed by atoms with E-state index in [2.05, 4.69) is 20.9 Å². The van der Waals surface area contributed by atoms with Gasteiger partial charge in [-0.05, 0) is 18.6 Å². The van der Waals surface area contributed by atoms with E-state index >= 15 is 0 Å². The Balaban J connectivity index is 3.15. The predicted octanol–water partition coefficient (Wildman–Crippen LogP) is 2.10. The predicted molar refractivity (Wildman–Crippen MR) is 48.3 cm³/mol. The highest BCUT2D eigenvalue weighted by Gasteiger charge is 2.06. The van der Waals surface area contributed by atoms with Gasteiger partial charge in [-0.3, -0.25) is 0 Å². The van der Waals surface area contributed by atoms with E-state index in [9.17, 15) is 4.79 Å². The molecule has 0 aromatic carbocycles. The van der Waals surface area contributed by atoms with E-state index < -0.39 is 5.97 Å². The van der Waals surface area contributed by atoms with Crippen LogP contribution in [0.1, 0.15) is 23.1 Å². The van der Waals surface area contributed by atoms with Gasteiger partial charge in [-0.2, -0.15) is 0 Å². The number of carboxylic acid groups (broad SMARTS) is 1. The molecule has 64 valence electrons. The SMILES string of the molecule is CCc1cc(Br)cc(C(=O)O)n1. The molecule has 0 radical (unpaired) electrons. The van der Waals surface area contributed by atoms with Gasteiger partial charge >= 0.3 is 5.97 Å². The summed E-state index contributed by atoms with van der Waals surface area (Å²) in [5.41, 5.74) is 0.864. The minimum atomic E-state index is -0.994. The average molecular weight is 230 g/mol. The zero-order valence-electron chi connectivity index (χ0n) is 6.54. The molecule has 0 bridgehead atoms. The standard InChI is InChI=1S/C8H8BrNO2/c1-2-6-3-5(9)4-7(10-6)8(11)12/h3-4H,2H2,1H3,(H,11,12). The minimum absolute atomic E-state index is 0.0845. The van der Waals surface area contributed by atoms with Crippen LogP contribution in [0.5, 0.6) is 0 Å². The van der Waals surface area contributed by atoms with Crippen LogP contribution >= 0.6 is 15.9 Å². The Hall–Kier alpha value is -0.900. The first kappa shape index (κ1) is 9.19. The summed E-state index contributed by atoms with van der Waals surface area (Å²) in [5.74, 6) is -0.994. The summed E-state index contributed by atoms with van der Waals surface area (Å²) in [5, 5.41) is 8.65. The van der Waals surface area contributed by atoms with E-state index in [4.69, 9.17) is 5.11 Å². The van der Waals surface area contributed by atoms with Crippen molar-refractivity contribution in [2.45, 2.75) is 13.3 Å². The molecular formula is C8H8BrNO2. The van der Waals surface area contributed by atoms with Crippen molar-refractivity contribution >= 4 is 21.9 Å². The maximum absolute atomic E-state index is 10.5. The summed E-state index contributed by atoms with van der Waals surface area (Å²) >= 11 is 3.22. The second kappa shape index (κ2) is 3.67. The molecule has 0 unspecified atom stereocenters. The molecule has 0 saturated heterocycles. The van der Waals surface area contributed by atoms with Crippen LogP contribution in [0.15, 0.2) is 16.6 Å². The van der Waals surface area contributed by atoms with E-state index in [1.807, 2.05) is 13.0 Å². The van der Waals surface area contributed by atoms with Crippen LogP contribution in [0.3, 0.4) is 0 Å². The number of hydrogen-bond donors (Lipinski definition) is 1. The number of nitrogens with zero attached hydrogens (tertiary/aromatic N) is 1. The van der Waals surface area contributed by atoms with Gasteiger partial charge in [0, 0.05) is 10.2 Å². The highest BCUT2D eigenvalue weighted by Crippen LogP contribution is 2.13. The molecular weight excluding hydrogens is 222 g/mol.